The lowest BCUT2D eigenvalue weighted by molar-refractivity contribution is 0.0726. The number of aliphatic hydroxyl groups is 2. The van der Waals surface area contributed by atoms with Crippen molar-refractivity contribution in [2.45, 2.75) is 5.50 Å². The highest BCUT2D eigenvalue weighted by Crippen LogP contribution is 2.05. The molecule has 3 N–H and O–H groups in total. The van der Waals surface area contributed by atoms with Crippen LogP contribution in [-0.2, 0) is 17.4 Å². The van der Waals surface area contributed by atoms with E-state index in [0.717, 1.165) is 6.54 Å². The van der Waals surface area contributed by atoms with Gasteiger partial charge in [0.05, 0.1) is 33.1 Å². The van der Waals surface area contributed by atoms with Gasteiger partial charge in [-0.15, -0.1) is 0 Å². The molecule has 0 aromatic carbocycles. The fourth-order valence-electron chi connectivity index (χ4n) is 1.36. The number of aliphatic hydroxyl groups excluding tert-OH is 2. The third kappa shape index (κ3) is 4.64. The normalized spacial score (nSPS) is 23.8. The molecular weight excluding hydrogens is 218 g/mol. The van der Waals surface area contributed by atoms with Crippen LogP contribution in [0.5, 0.6) is 0 Å². The SMILES string of the molecule is OCCOCCN1CN(CCO)NC1[S-]. The first kappa shape index (κ1) is 13.2. The van der Waals surface area contributed by atoms with Gasteiger partial charge >= 0.3 is 0 Å². The van der Waals surface area contributed by atoms with Gasteiger partial charge in [0.1, 0.15) is 0 Å². The van der Waals surface area contributed by atoms with Gasteiger partial charge in [0.2, 0.25) is 0 Å². The van der Waals surface area contributed by atoms with Crippen LogP contribution in [0.25, 0.3) is 0 Å². The quantitative estimate of drug-likeness (QED) is 0.345. The Morgan fingerprint density at radius 1 is 1.27 bits per heavy atom. The van der Waals surface area contributed by atoms with Crippen molar-refractivity contribution >= 4 is 12.6 Å². The fourth-order valence-corrected chi connectivity index (χ4v) is 1.69. The highest BCUT2D eigenvalue weighted by atomic mass is 32.1. The monoisotopic (exact) mass is 236 g/mol. The predicted octanol–water partition coefficient (Wildman–Crippen LogP) is -2.10. The lowest BCUT2D eigenvalue weighted by atomic mass is 10.6. The summed E-state index contributed by atoms with van der Waals surface area (Å²) in [5, 5.41) is 19.2. The zero-order chi connectivity index (χ0) is 11.1. The standard InChI is InChI=1S/C8H19N3O3S/c12-3-1-11-7-10(8(15)9-11)2-5-14-6-4-13/h8-9,12-13,15H,1-7H2/p-1. The second-order valence-electron chi connectivity index (χ2n) is 3.26. The second kappa shape index (κ2) is 7.39. The molecule has 0 aromatic rings. The van der Waals surface area contributed by atoms with Crippen molar-refractivity contribution in [2.24, 2.45) is 0 Å². The minimum Gasteiger partial charge on any atom is -0.757 e. The lowest BCUT2D eigenvalue weighted by Crippen LogP contribution is -2.37. The lowest BCUT2D eigenvalue weighted by Gasteiger charge is -2.27. The number of rotatable bonds is 7. The highest BCUT2D eigenvalue weighted by Gasteiger charge is 2.20. The van der Waals surface area contributed by atoms with Crippen LogP contribution in [0, 0.1) is 0 Å². The number of nitrogens with zero attached hydrogens (tertiary/aromatic N) is 2. The largest absolute Gasteiger partial charge is 0.757 e. The first-order chi connectivity index (χ1) is 7.27. The fraction of sp³-hybridized carbons (Fsp3) is 1.00. The van der Waals surface area contributed by atoms with E-state index in [1.165, 1.54) is 0 Å². The van der Waals surface area contributed by atoms with Gasteiger partial charge in [0.15, 0.2) is 0 Å². The van der Waals surface area contributed by atoms with Crippen molar-refractivity contribution in [2.75, 3.05) is 46.2 Å². The maximum Gasteiger partial charge on any atom is 0.0698 e. The molecule has 6 nitrogen and oxygen atoms in total. The summed E-state index contributed by atoms with van der Waals surface area (Å²) in [6.45, 7) is 3.07. The topological polar surface area (TPSA) is 68.2 Å². The van der Waals surface area contributed by atoms with Crippen LogP contribution in [0.1, 0.15) is 0 Å². The third-order valence-electron chi connectivity index (χ3n) is 2.11. The molecule has 1 fully saturated rings. The Balaban J connectivity index is 2.13. The molecule has 0 spiro atoms. The van der Waals surface area contributed by atoms with Gasteiger partial charge < -0.3 is 27.6 Å². The Bertz CT molecular complexity index is 175. The molecule has 1 aliphatic heterocycles. The van der Waals surface area contributed by atoms with E-state index in [0.29, 0.717) is 26.4 Å². The van der Waals surface area contributed by atoms with Gasteiger partial charge in [-0.05, 0) is 5.50 Å². The number of hydrazine groups is 1. The van der Waals surface area contributed by atoms with Crippen molar-refractivity contribution < 1.29 is 14.9 Å². The molecule has 7 heteroatoms. The van der Waals surface area contributed by atoms with E-state index >= 15 is 0 Å². The average Bonchev–Trinajstić information content (AvgIpc) is 2.55. The van der Waals surface area contributed by atoms with E-state index in [1.807, 2.05) is 9.91 Å². The minimum atomic E-state index is -0.144. The molecule has 0 bridgehead atoms. The van der Waals surface area contributed by atoms with E-state index in [9.17, 15) is 0 Å². The smallest absolute Gasteiger partial charge is 0.0698 e. The number of nitrogens with one attached hydrogen (secondary N) is 1. The van der Waals surface area contributed by atoms with Gasteiger partial charge in [-0.3, -0.25) is 10.3 Å². The summed E-state index contributed by atoms with van der Waals surface area (Å²) in [6.07, 6.45) is 0. The van der Waals surface area contributed by atoms with Gasteiger partial charge in [0, 0.05) is 13.1 Å². The first-order valence-electron chi connectivity index (χ1n) is 4.98. The van der Waals surface area contributed by atoms with E-state index < -0.39 is 0 Å². The summed E-state index contributed by atoms with van der Waals surface area (Å²) >= 11 is 5.18. The van der Waals surface area contributed by atoms with Crippen molar-refractivity contribution in [1.82, 2.24) is 15.3 Å². The Morgan fingerprint density at radius 3 is 2.73 bits per heavy atom. The molecule has 0 aliphatic carbocycles. The Morgan fingerprint density at radius 2 is 2.07 bits per heavy atom. The van der Waals surface area contributed by atoms with Crippen molar-refractivity contribution in [3.63, 3.8) is 0 Å². The second-order valence-corrected chi connectivity index (χ2v) is 3.70. The summed E-state index contributed by atoms with van der Waals surface area (Å²) < 4.78 is 5.15. The minimum absolute atomic E-state index is 0.0478. The maximum atomic E-state index is 8.76. The number of hydrogen-bond donors (Lipinski definition) is 3. The van der Waals surface area contributed by atoms with Crippen LogP contribution in [-0.4, -0.2) is 71.8 Å². The molecule has 1 heterocycles. The molecule has 1 saturated heterocycles. The molecule has 1 unspecified atom stereocenters. The van der Waals surface area contributed by atoms with Gasteiger partial charge in [-0.25, -0.2) is 5.01 Å². The van der Waals surface area contributed by atoms with E-state index in [1.54, 1.807) is 0 Å². The van der Waals surface area contributed by atoms with E-state index in [2.05, 4.69) is 5.43 Å². The molecule has 90 valence electrons. The molecule has 0 saturated carbocycles. The van der Waals surface area contributed by atoms with Crippen LogP contribution in [0.3, 0.4) is 0 Å². The van der Waals surface area contributed by atoms with Crippen LogP contribution < -0.4 is 5.43 Å². The van der Waals surface area contributed by atoms with Crippen LogP contribution in [0.15, 0.2) is 0 Å². The molecule has 1 atom stereocenters. The van der Waals surface area contributed by atoms with Gasteiger partial charge in [-0.1, -0.05) is 0 Å². The maximum absolute atomic E-state index is 8.76. The number of β-amino-alcohol motifs (C(OH)–C–C–N with tert-alkyl or cyclic N) is 1. The predicted molar refractivity (Wildman–Crippen MR) is 57.6 cm³/mol. The van der Waals surface area contributed by atoms with Crippen molar-refractivity contribution in [1.29, 1.82) is 0 Å². The first-order valence-corrected chi connectivity index (χ1v) is 5.45. The van der Waals surface area contributed by atoms with Crippen molar-refractivity contribution in [3.8, 4) is 0 Å². The molecule has 1 aliphatic rings. The zero-order valence-electron chi connectivity index (χ0n) is 8.63. The van der Waals surface area contributed by atoms with Gasteiger partial charge in [0.25, 0.3) is 0 Å². The van der Waals surface area contributed by atoms with Crippen molar-refractivity contribution in [3.05, 3.63) is 0 Å². The third-order valence-corrected chi connectivity index (χ3v) is 2.51. The average molecular weight is 236 g/mol. The summed E-state index contributed by atoms with van der Waals surface area (Å²) in [4.78, 5) is 2.03. The Hall–Kier alpha value is 0.110. The molecule has 15 heavy (non-hydrogen) atoms. The van der Waals surface area contributed by atoms with E-state index in [-0.39, 0.29) is 18.7 Å². The number of ether oxygens (including phenoxy) is 1. The molecular formula is C8H18N3O3S-. The summed E-state index contributed by atoms with van der Waals surface area (Å²) in [7, 11) is 0. The Kier molecular flexibility index (Phi) is 6.50. The van der Waals surface area contributed by atoms with Gasteiger partial charge in [-0.2, -0.15) is 0 Å². The summed E-state index contributed by atoms with van der Waals surface area (Å²) in [6, 6.07) is 0. The molecule has 0 aromatic heterocycles. The summed E-state index contributed by atoms with van der Waals surface area (Å²) in [5.41, 5.74) is 2.91. The van der Waals surface area contributed by atoms with Crippen LogP contribution in [0.2, 0.25) is 0 Å². The Labute approximate surface area is 95.2 Å². The highest BCUT2D eigenvalue weighted by molar-refractivity contribution is 7.59. The molecule has 0 amide bonds. The molecule has 1 rings (SSSR count). The molecule has 0 radical (unpaired) electrons. The van der Waals surface area contributed by atoms with E-state index in [4.69, 9.17) is 27.6 Å². The number of hydrogen-bond acceptors (Lipinski definition) is 7. The van der Waals surface area contributed by atoms with Crippen LogP contribution in [0.4, 0.5) is 0 Å². The summed E-state index contributed by atoms with van der Waals surface area (Å²) in [5.74, 6) is 0. The zero-order valence-corrected chi connectivity index (χ0v) is 9.45. The van der Waals surface area contributed by atoms with Crippen LogP contribution >= 0.6 is 0 Å².